The molecule has 1 aliphatic carbocycles. The van der Waals surface area contributed by atoms with Crippen molar-refractivity contribution in [1.82, 2.24) is 25.6 Å². The molecule has 0 bridgehead atoms. The van der Waals surface area contributed by atoms with E-state index in [1.807, 2.05) is 11.9 Å². The van der Waals surface area contributed by atoms with Gasteiger partial charge in [-0.2, -0.15) is 0 Å². The monoisotopic (exact) mass is 391 g/mol. The fourth-order valence-electron chi connectivity index (χ4n) is 5.81. The van der Waals surface area contributed by atoms with Crippen molar-refractivity contribution in [3.8, 4) is 0 Å². The van der Waals surface area contributed by atoms with Gasteiger partial charge in [-0.3, -0.25) is 15.0 Å². The van der Waals surface area contributed by atoms with Gasteiger partial charge >= 0.3 is 0 Å². The van der Waals surface area contributed by atoms with Gasteiger partial charge in [0.2, 0.25) is 11.8 Å². The lowest BCUT2D eigenvalue weighted by molar-refractivity contribution is -0.153. The summed E-state index contributed by atoms with van der Waals surface area (Å²) in [7, 11) is 1.93. The fraction of sp³-hybridized carbons (Fsp3) is 0.905. The largest absolute Gasteiger partial charge is 0.356 e. The lowest BCUT2D eigenvalue weighted by Gasteiger charge is -2.50. The van der Waals surface area contributed by atoms with E-state index in [0.717, 1.165) is 57.7 Å². The zero-order valence-corrected chi connectivity index (χ0v) is 17.5. The first kappa shape index (κ1) is 20.1. The third kappa shape index (κ3) is 3.94. The van der Waals surface area contributed by atoms with Crippen molar-refractivity contribution >= 4 is 11.8 Å². The minimum Gasteiger partial charge on any atom is -0.356 e. The molecular weight excluding hydrogens is 354 g/mol. The van der Waals surface area contributed by atoms with Gasteiger partial charge in [-0.15, -0.1) is 0 Å². The number of piperidine rings is 1. The number of hydrogen-bond acceptors (Lipinski definition) is 5. The molecule has 7 heteroatoms. The molecule has 1 saturated carbocycles. The second kappa shape index (κ2) is 8.67. The van der Waals surface area contributed by atoms with Gasteiger partial charge in [0.1, 0.15) is 6.04 Å². The summed E-state index contributed by atoms with van der Waals surface area (Å²) in [5.74, 6) is 1.20. The van der Waals surface area contributed by atoms with Gasteiger partial charge in [0.05, 0.1) is 0 Å². The zero-order valence-electron chi connectivity index (χ0n) is 17.5. The molecule has 4 rings (SSSR count). The summed E-state index contributed by atoms with van der Waals surface area (Å²) < 4.78 is 0. The number of likely N-dealkylation sites (tertiary alicyclic amines) is 1. The Hall–Kier alpha value is -1.18. The second-order valence-electron chi connectivity index (χ2n) is 9.17. The Morgan fingerprint density at radius 2 is 1.93 bits per heavy atom. The third-order valence-corrected chi connectivity index (χ3v) is 7.69. The Morgan fingerprint density at radius 1 is 1.14 bits per heavy atom. The van der Waals surface area contributed by atoms with Gasteiger partial charge in [0.25, 0.3) is 0 Å². The molecule has 4 fully saturated rings. The van der Waals surface area contributed by atoms with E-state index in [1.165, 1.54) is 25.9 Å². The highest BCUT2D eigenvalue weighted by Crippen LogP contribution is 2.36. The van der Waals surface area contributed by atoms with E-state index >= 15 is 0 Å². The topological polar surface area (TPSA) is 67.9 Å². The Bertz CT molecular complexity index is 577. The van der Waals surface area contributed by atoms with E-state index in [0.29, 0.717) is 6.04 Å². The molecule has 0 aromatic rings. The van der Waals surface area contributed by atoms with E-state index in [4.69, 9.17) is 0 Å². The lowest BCUT2D eigenvalue weighted by Crippen LogP contribution is -2.67. The minimum atomic E-state index is -0.00393. The maximum absolute atomic E-state index is 12.8. The smallest absolute Gasteiger partial charge is 0.241 e. The standard InChI is InChI=1S/C21H37N5O2/c1-3-25-12-8-15(9-13-25)6-10-22-20(27)16-4-5-17-19(14-16)24(2)21(28)18-7-11-23-26(17)18/h15-19,23H,3-14H2,1-2H3,(H,22,27). The highest BCUT2D eigenvalue weighted by molar-refractivity contribution is 5.84. The van der Waals surface area contributed by atoms with Crippen molar-refractivity contribution in [2.45, 2.75) is 70.0 Å². The number of carbonyl (C=O) groups is 2. The fourth-order valence-corrected chi connectivity index (χ4v) is 5.81. The average Bonchev–Trinajstić information content (AvgIpc) is 3.22. The number of nitrogens with one attached hydrogen (secondary N) is 2. The average molecular weight is 392 g/mol. The van der Waals surface area contributed by atoms with Gasteiger partial charge in [-0.1, -0.05) is 6.92 Å². The molecule has 3 heterocycles. The number of hydrazine groups is 1. The van der Waals surface area contributed by atoms with Gasteiger partial charge < -0.3 is 15.1 Å². The lowest BCUT2D eigenvalue weighted by atomic mass is 9.79. The number of rotatable bonds is 5. The Morgan fingerprint density at radius 3 is 2.68 bits per heavy atom. The number of piperazine rings is 1. The molecule has 4 unspecified atom stereocenters. The number of amides is 2. The molecule has 2 N–H and O–H groups in total. The molecule has 158 valence electrons. The van der Waals surface area contributed by atoms with Crippen LogP contribution in [0, 0.1) is 11.8 Å². The molecule has 7 nitrogen and oxygen atoms in total. The van der Waals surface area contributed by atoms with Gasteiger partial charge in [0.15, 0.2) is 0 Å². The van der Waals surface area contributed by atoms with Gasteiger partial charge in [-0.05, 0) is 70.5 Å². The van der Waals surface area contributed by atoms with Crippen LogP contribution in [-0.2, 0) is 9.59 Å². The highest BCUT2D eigenvalue weighted by Gasteiger charge is 2.50. The Labute approximate surface area is 169 Å². The first-order valence-corrected chi connectivity index (χ1v) is 11.4. The minimum absolute atomic E-state index is 0.00393. The summed E-state index contributed by atoms with van der Waals surface area (Å²) >= 11 is 0. The number of likely N-dealkylation sites (N-methyl/N-ethyl adjacent to an activating group) is 1. The predicted molar refractivity (Wildman–Crippen MR) is 108 cm³/mol. The maximum atomic E-state index is 12.8. The van der Waals surface area contributed by atoms with Crippen LogP contribution in [0.25, 0.3) is 0 Å². The van der Waals surface area contributed by atoms with Crippen molar-refractivity contribution in [2.75, 3.05) is 39.8 Å². The highest BCUT2D eigenvalue weighted by atomic mass is 16.2. The first-order valence-electron chi connectivity index (χ1n) is 11.4. The summed E-state index contributed by atoms with van der Waals surface area (Å²) in [4.78, 5) is 29.9. The van der Waals surface area contributed by atoms with Crippen LogP contribution >= 0.6 is 0 Å². The maximum Gasteiger partial charge on any atom is 0.241 e. The number of fused-ring (bicyclic) bond motifs is 3. The molecule has 28 heavy (non-hydrogen) atoms. The van der Waals surface area contributed by atoms with Crippen molar-refractivity contribution in [3.05, 3.63) is 0 Å². The molecule has 3 aliphatic heterocycles. The van der Waals surface area contributed by atoms with Crippen molar-refractivity contribution in [2.24, 2.45) is 11.8 Å². The molecule has 0 spiro atoms. The molecule has 0 aromatic heterocycles. The van der Waals surface area contributed by atoms with Gasteiger partial charge in [0, 0.05) is 38.1 Å². The molecule has 4 atom stereocenters. The number of hydrogen-bond donors (Lipinski definition) is 2. The molecule has 3 saturated heterocycles. The van der Waals surface area contributed by atoms with Crippen molar-refractivity contribution in [1.29, 1.82) is 0 Å². The van der Waals surface area contributed by atoms with E-state index in [9.17, 15) is 9.59 Å². The van der Waals surface area contributed by atoms with Crippen LogP contribution < -0.4 is 10.7 Å². The third-order valence-electron chi connectivity index (χ3n) is 7.69. The van der Waals surface area contributed by atoms with Gasteiger partial charge in [-0.25, -0.2) is 5.01 Å². The predicted octanol–water partition coefficient (Wildman–Crippen LogP) is 0.813. The number of nitrogens with zero attached hydrogens (tertiary/aromatic N) is 3. The summed E-state index contributed by atoms with van der Waals surface area (Å²) in [6, 6.07) is 0.496. The van der Waals surface area contributed by atoms with Crippen LogP contribution in [0.5, 0.6) is 0 Å². The molecule has 2 amide bonds. The summed E-state index contributed by atoms with van der Waals surface area (Å²) in [5.41, 5.74) is 3.41. The van der Waals surface area contributed by atoms with E-state index < -0.39 is 0 Å². The SMILES string of the molecule is CCN1CCC(CCNC(=O)C2CCC3C(C2)N(C)C(=O)C2CCNN23)CC1. The summed E-state index contributed by atoms with van der Waals surface area (Å²) in [6.07, 6.45) is 7.21. The molecule has 0 radical (unpaired) electrons. The summed E-state index contributed by atoms with van der Waals surface area (Å²) in [5, 5.41) is 5.41. The second-order valence-corrected chi connectivity index (χ2v) is 9.17. The van der Waals surface area contributed by atoms with E-state index in [2.05, 4.69) is 27.6 Å². The summed E-state index contributed by atoms with van der Waals surface area (Å²) in [6.45, 7) is 7.46. The van der Waals surface area contributed by atoms with Crippen molar-refractivity contribution in [3.63, 3.8) is 0 Å². The molecular formula is C21H37N5O2. The van der Waals surface area contributed by atoms with Crippen LogP contribution in [-0.4, -0.2) is 84.5 Å². The van der Waals surface area contributed by atoms with Crippen LogP contribution in [0.15, 0.2) is 0 Å². The molecule has 4 aliphatic rings. The van der Waals surface area contributed by atoms with Crippen LogP contribution in [0.2, 0.25) is 0 Å². The number of carbonyl (C=O) groups excluding carboxylic acids is 2. The van der Waals surface area contributed by atoms with Crippen LogP contribution in [0.4, 0.5) is 0 Å². The van der Waals surface area contributed by atoms with E-state index in [1.54, 1.807) is 0 Å². The Kier molecular flexibility index (Phi) is 6.23. The quantitative estimate of drug-likeness (QED) is 0.726. The van der Waals surface area contributed by atoms with Crippen LogP contribution in [0.1, 0.15) is 51.9 Å². The van der Waals surface area contributed by atoms with Crippen molar-refractivity contribution < 1.29 is 9.59 Å². The van der Waals surface area contributed by atoms with E-state index in [-0.39, 0.29) is 29.8 Å². The Balaban J connectivity index is 1.24. The first-order chi connectivity index (χ1) is 13.6. The van der Waals surface area contributed by atoms with Crippen LogP contribution in [0.3, 0.4) is 0 Å². The molecule has 0 aromatic carbocycles. The zero-order chi connectivity index (χ0) is 19.7. The normalized spacial score (nSPS) is 34.9.